The maximum Gasteiger partial charge on any atom is 0.173 e. The van der Waals surface area contributed by atoms with Gasteiger partial charge in [-0.3, -0.25) is 4.79 Å². The summed E-state index contributed by atoms with van der Waals surface area (Å²) in [5.74, 6) is 0.260. The van der Waals surface area contributed by atoms with E-state index in [2.05, 4.69) is 22.5 Å². The summed E-state index contributed by atoms with van der Waals surface area (Å²) in [6, 6.07) is 1.93. The minimum Gasteiger partial charge on any atom is -0.293 e. The molecule has 0 amide bonds. The van der Waals surface area contributed by atoms with Crippen molar-refractivity contribution in [2.45, 2.75) is 32.1 Å². The van der Waals surface area contributed by atoms with Gasteiger partial charge in [0.15, 0.2) is 5.78 Å². The number of ketones is 1. The van der Waals surface area contributed by atoms with Crippen molar-refractivity contribution in [1.29, 1.82) is 0 Å². The highest BCUT2D eigenvalue weighted by molar-refractivity contribution is 9.10. The number of rotatable bonds is 7. The molecule has 15 heavy (non-hydrogen) atoms. The topological polar surface area (TPSA) is 17.1 Å². The monoisotopic (exact) mass is 286 g/mol. The molecule has 0 aromatic carbocycles. The van der Waals surface area contributed by atoms with Crippen LogP contribution in [0.15, 0.2) is 28.6 Å². The molecule has 0 unspecified atom stereocenters. The van der Waals surface area contributed by atoms with Crippen LogP contribution in [0.25, 0.3) is 0 Å². The molecule has 0 N–H and O–H groups in total. The molecule has 0 aliphatic carbocycles. The minimum atomic E-state index is 0.260. The normalized spacial score (nSPS) is 10.2. The Labute approximate surface area is 103 Å². The Hall–Kier alpha value is -0.410. The van der Waals surface area contributed by atoms with E-state index in [1.807, 2.05) is 17.5 Å². The van der Waals surface area contributed by atoms with Gasteiger partial charge in [0.05, 0.1) is 4.88 Å². The molecule has 0 fully saturated rings. The molecule has 1 rings (SSSR count). The number of hydrogen-bond donors (Lipinski definition) is 0. The van der Waals surface area contributed by atoms with Crippen LogP contribution in [0.1, 0.15) is 41.8 Å². The summed E-state index contributed by atoms with van der Waals surface area (Å²) in [6.07, 6.45) is 6.88. The standard InChI is InChI=1S/C12H15BrOS/c1-2-3-4-5-6-7-11(14)12-10(13)8-9-15-12/h2,8-9H,1,3-7H2. The zero-order valence-electron chi connectivity index (χ0n) is 8.67. The largest absolute Gasteiger partial charge is 0.293 e. The highest BCUT2D eigenvalue weighted by Crippen LogP contribution is 2.24. The number of hydrogen-bond acceptors (Lipinski definition) is 2. The average Bonchev–Trinajstić information content (AvgIpc) is 2.64. The Balaban J connectivity index is 2.25. The third kappa shape index (κ3) is 4.31. The molecule has 0 bridgehead atoms. The third-order valence-corrected chi connectivity index (χ3v) is 4.06. The molecule has 0 aliphatic heterocycles. The number of unbranched alkanes of at least 4 members (excludes halogenated alkanes) is 3. The van der Waals surface area contributed by atoms with Crippen molar-refractivity contribution >= 4 is 33.0 Å². The van der Waals surface area contributed by atoms with Crippen LogP contribution in [0, 0.1) is 0 Å². The van der Waals surface area contributed by atoms with Crippen LogP contribution < -0.4 is 0 Å². The van der Waals surface area contributed by atoms with E-state index in [4.69, 9.17) is 0 Å². The first kappa shape index (κ1) is 12.7. The molecule has 1 aromatic heterocycles. The van der Waals surface area contributed by atoms with Crippen LogP contribution in [-0.4, -0.2) is 5.78 Å². The number of thiophene rings is 1. The summed E-state index contributed by atoms with van der Waals surface area (Å²) in [5, 5.41) is 1.94. The minimum absolute atomic E-state index is 0.260. The summed E-state index contributed by atoms with van der Waals surface area (Å²) in [4.78, 5) is 12.6. The van der Waals surface area contributed by atoms with Crippen molar-refractivity contribution in [3.8, 4) is 0 Å². The second-order valence-corrected chi connectivity index (χ2v) is 5.18. The van der Waals surface area contributed by atoms with E-state index in [1.165, 1.54) is 11.3 Å². The quantitative estimate of drug-likeness (QED) is 0.399. The molecule has 0 saturated carbocycles. The van der Waals surface area contributed by atoms with Gasteiger partial charge < -0.3 is 0 Å². The Morgan fingerprint density at radius 3 is 2.87 bits per heavy atom. The van der Waals surface area contributed by atoms with Crippen LogP contribution in [0.2, 0.25) is 0 Å². The van der Waals surface area contributed by atoms with Gasteiger partial charge in [0.25, 0.3) is 0 Å². The SMILES string of the molecule is C=CCCCCCC(=O)c1sccc1Br. The summed E-state index contributed by atoms with van der Waals surface area (Å²) in [5.41, 5.74) is 0. The Bertz CT molecular complexity index is 330. The number of allylic oxidation sites excluding steroid dienone is 1. The Morgan fingerprint density at radius 1 is 1.47 bits per heavy atom. The summed E-state index contributed by atoms with van der Waals surface area (Å²) < 4.78 is 0.934. The smallest absolute Gasteiger partial charge is 0.173 e. The lowest BCUT2D eigenvalue weighted by Crippen LogP contribution is -1.96. The molecule has 0 atom stereocenters. The number of halogens is 1. The molecular weight excluding hydrogens is 272 g/mol. The molecule has 0 aliphatic rings. The molecule has 0 spiro atoms. The molecule has 0 radical (unpaired) electrons. The number of Topliss-reactive ketones (excluding diaryl/α,β-unsaturated/α-hetero) is 1. The third-order valence-electron chi connectivity index (χ3n) is 2.18. The van der Waals surface area contributed by atoms with Crippen LogP contribution in [0.4, 0.5) is 0 Å². The lowest BCUT2D eigenvalue weighted by molar-refractivity contribution is 0.0982. The lowest BCUT2D eigenvalue weighted by Gasteiger charge is -1.99. The van der Waals surface area contributed by atoms with E-state index < -0.39 is 0 Å². The second kappa shape index (κ2) is 6.96. The number of carbonyl (C=O) groups is 1. The van der Waals surface area contributed by atoms with Crippen molar-refractivity contribution in [2.24, 2.45) is 0 Å². The fourth-order valence-corrected chi connectivity index (χ4v) is 2.92. The summed E-state index contributed by atoms with van der Waals surface area (Å²) >= 11 is 4.89. The lowest BCUT2D eigenvalue weighted by atomic mass is 10.1. The van der Waals surface area contributed by atoms with E-state index >= 15 is 0 Å². The highest BCUT2D eigenvalue weighted by Gasteiger charge is 2.10. The molecular formula is C12H15BrOS. The van der Waals surface area contributed by atoms with Crippen LogP contribution >= 0.6 is 27.3 Å². The zero-order valence-corrected chi connectivity index (χ0v) is 11.1. The van der Waals surface area contributed by atoms with Crippen LogP contribution in [0.3, 0.4) is 0 Å². The average molecular weight is 287 g/mol. The van der Waals surface area contributed by atoms with Crippen molar-refractivity contribution in [3.05, 3.63) is 33.5 Å². The highest BCUT2D eigenvalue weighted by atomic mass is 79.9. The van der Waals surface area contributed by atoms with Gasteiger partial charge in [0.1, 0.15) is 0 Å². The molecule has 1 heterocycles. The molecule has 1 nitrogen and oxygen atoms in total. The van der Waals surface area contributed by atoms with Gasteiger partial charge in [-0.2, -0.15) is 0 Å². The first-order chi connectivity index (χ1) is 7.25. The van der Waals surface area contributed by atoms with Crippen LogP contribution in [0.5, 0.6) is 0 Å². The molecule has 82 valence electrons. The van der Waals surface area contributed by atoms with Gasteiger partial charge in [-0.05, 0) is 46.6 Å². The van der Waals surface area contributed by atoms with Gasteiger partial charge in [-0.1, -0.05) is 12.5 Å². The molecule has 0 saturated heterocycles. The van der Waals surface area contributed by atoms with E-state index in [9.17, 15) is 4.79 Å². The summed E-state index contributed by atoms with van der Waals surface area (Å²) in [7, 11) is 0. The summed E-state index contributed by atoms with van der Waals surface area (Å²) in [6.45, 7) is 3.67. The van der Waals surface area contributed by atoms with Gasteiger partial charge in [0, 0.05) is 10.9 Å². The van der Waals surface area contributed by atoms with Crippen molar-refractivity contribution in [2.75, 3.05) is 0 Å². The van der Waals surface area contributed by atoms with E-state index in [1.54, 1.807) is 0 Å². The van der Waals surface area contributed by atoms with Gasteiger partial charge in [-0.15, -0.1) is 17.9 Å². The van der Waals surface area contributed by atoms with Gasteiger partial charge >= 0.3 is 0 Å². The van der Waals surface area contributed by atoms with Crippen molar-refractivity contribution in [1.82, 2.24) is 0 Å². The first-order valence-electron chi connectivity index (χ1n) is 5.12. The van der Waals surface area contributed by atoms with Gasteiger partial charge in [-0.25, -0.2) is 0 Å². The Kier molecular flexibility index (Phi) is 5.88. The maximum atomic E-state index is 11.7. The fraction of sp³-hybridized carbons (Fsp3) is 0.417. The molecule has 1 aromatic rings. The maximum absolute atomic E-state index is 11.7. The zero-order chi connectivity index (χ0) is 11.1. The molecule has 3 heteroatoms. The van der Waals surface area contributed by atoms with Crippen molar-refractivity contribution in [3.63, 3.8) is 0 Å². The first-order valence-corrected chi connectivity index (χ1v) is 6.80. The Morgan fingerprint density at radius 2 is 2.27 bits per heavy atom. The second-order valence-electron chi connectivity index (χ2n) is 3.41. The number of carbonyl (C=O) groups excluding carboxylic acids is 1. The van der Waals surface area contributed by atoms with Crippen LogP contribution in [-0.2, 0) is 0 Å². The van der Waals surface area contributed by atoms with E-state index in [0.717, 1.165) is 35.0 Å². The predicted molar refractivity (Wildman–Crippen MR) is 69.6 cm³/mol. The van der Waals surface area contributed by atoms with Crippen molar-refractivity contribution < 1.29 is 4.79 Å². The fourth-order valence-electron chi connectivity index (χ4n) is 1.36. The van der Waals surface area contributed by atoms with E-state index in [-0.39, 0.29) is 5.78 Å². The van der Waals surface area contributed by atoms with Gasteiger partial charge in [0.2, 0.25) is 0 Å². The predicted octanol–water partition coefficient (Wildman–Crippen LogP) is 4.83. The van der Waals surface area contributed by atoms with E-state index in [0.29, 0.717) is 6.42 Å².